The van der Waals surface area contributed by atoms with Crippen LogP contribution in [-0.4, -0.2) is 22.1 Å². The van der Waals surface area contributed by atoms with Crippen molar-refractivity contribution in [2.24, 2.45) is 0 Å². The van der Waals surface area contributed by atoms with Crippen LogP contribution in [0.5, 0.6) is 0 Å². The second-order valence-electron chi connectivity index (χ2n) is 4.80. The highest BCUT2D eigenvalue weighted by molar-refractivity contribution is 5.80. The van der Waals surface area contributed by atoms with E-state index < -0.39 is 11.5 Å². The standard InChI is InChI=1S/C13H18N2O2/c1-13(12(16)17,10-5-4-8-14-9-10)15-11-6-2-3-7-11/h4-5,8-9,11,15H,2-3,6-7H2,1H3,(H,16,17). The summed E-state index contributed by atoms with van der Waals surface area (Å²) >= 11 is 0. The summed E-state index contributed by atoms with van der Waals surface area (Å²) < 4.78 is 0. The van der Waals surface area contributed by atoms with Gasteiger partial charge < -0.3 is 5.11 Å². The van der Waals surface area contributed by atoms with Gasteiger partial charge in [-0.15, -0.1) is 0 Å². The Morgan fingerprint density at radius 3 is 2.76 bits per heavy atom. The normalized spacial score (nSPS) is 20.1. The van der Waals surface area contributed by atoms with Crippen molar-refractivity contribution in [2.75, 3.05) is 0 Å². The zero-order chi connectivity index (χ0) is 12.3. The number of nitrogens with one attached hydrogen (secondary N) is 1. The fraction of sp³-hybridized carbons (Fsp3) is 0.538. The summed E-state index contributed by atoms with van der Waals surface area (Å²) in [5.74, 6) is -0.850. The van der Waals surface area contributed by atoms with E-state index in [1.807, 2.05) is 6.07 Å². The fourth-order valence-corrected chi connectivity index (χ4v) is 2.41. The van der Waals surface area contributed by atoms with Gasteiger partial charge in [-0.25, -0.2) is 4.79 Å². The fourth-order valence-electron chi connectivity index (χ4n) is 2.41. The molecule has 2 rings (SSSR count). The Kier molecular flexibility index (Phi) is 3.43. The van der Waals surface area contributed by atoms with Crippen LogP contribution in [0.1, 0.15) is 38.2 Å². The summed E-state index contributed by atoms with van der Waals surface area (Å²) in [7, 11) is 0. The molecule has 4 heteroatoms. The van der Waals surface area contributed by atoms with E-state index in [2.05, 4.69) is 10.3 Å². The monoisotopic (exact) mass is 234 g/mol. The number of carboxylic acids is 1. The van der Waals surface area contributed by atoms with Crippen LogP contribution in [0.3, 0.4) is 0 Å². The number of carbonyl (C=O) groups is 1. The molecule has 17 heavy (non-hydrogen) atoms. The lowest BCUT2D eigenvalue weighted by Gasteiger charge is -2.30. The molecule has 0 aromatic carbocycles. The van der Waals surface area contributed by atoms with E-state index in [0.717, 1.165) is 12.8 Å². The molecular formula is C13H18N2O2. The van der Waals surface area contributed by atoms with Gasteiger partial charge in [0.2, 0.25) is 0 Å². The first-order chi connectivity index (χ1) is 8.13. The molecule has 1 fully saturated rings. The molecule has 0 amide bonds. The molecule has 0 spiro atoms. The van der Waals surface area contributed by atoms with Crippen molar-refractivity contribution in [2.45, 2.75) is 44.2 Å². The minimum absolute atomic E-state index is 0.302. The van der Waals surface area contributed by atoms with Crippen LogP contribution < -0.4 is 5.32 Å². The van der Waals surface area contributed by atoms with E-state index in [9.17, 15) is 9.90 Å². The van der Waals surface area contributed by atoms with Gasteiger partial charge in [-0.1, -0.05) is 18.9 Å². The van der Waals surface area contributed by atoms with Crippen molar-refractivity contribution in [1.29, 1.82) is 0 Å². The quantitative estimate of drug-likeness (QED) is 0.835. The molecule has 1 aliphatic rings. The Balaban J connectivity index is 2.23. The number of rotatable bonds is 4. The molecule has 1 aromatic rings. The van der Waals surface area contributed by atoms with Crippen molar-refractivity contribution in [1.82, 2.24) is 10.3 Å². The molecular weight excluding hydrogens is 216 g/mol. The third-order valence-corrected chi connectivity index (χ3v) is 3.51. The van der Waals surface area contributed by atoms with Crippen LogP contribution in [0, 0.1) is 0 Å². The van der Waals surface area contributed by atoms with E-state index in [4.69, 9.17) is 0 Å². The molecule has 1 aliphatic carbocycles. The van der Waals surface area contributed by atoms with Crippen molar-refractivity contribution in [3.05, 3.63) is 30.1 Å². The van der Waals surface area contributed by atoms with E-state index in [0.29, 0.717) is 11.6 Å². The van der Waals surface area contributed by atoms with Gasteiger partial charge in [-0.05, 0) is 25.8 Å². The molecule has 2 N–H and O–H groups in total. The topological polar surface area (TPSA) is 62.2 Å². The molecule has 4 nitrogen and oxygen atoms in total. The third-order valence-electron chi connectivity index (χ3n) is 3.51. The molecule has 0 radical (unpaired) electrons. The SMILES string of the molecule is CC(NC1CCCC1)(C(=O)O)c1cccnc1. The van der Waals surface area contributed by atoms with Gasteiger partial charge in [-0.3, -0.25) is 10.3 Å². The molecule has 0 bridgehead atoms. The lowest BCUT2D eigenvalue weighted by molar-refractivity contribution is -0.145. The number of aromatic nitrogens is 1. The lowest BCUT2D eigenvalue weighted by atomic mass is 9.92. The minimum Gasteiger partial charge on any atom is -0.480 e. The van der Waals surface area contributed by atoms with Crippen molar-refractivity contribution in [3.8, 4) is 0 Å². The van der Waals surface area contributed by atoms with E-state index >= 15 is 0 Å². The second kappa shape index (κ2) is 4.84. The predicted octanol–water partition coefficient (Wildman–Crippen LogP) is 1.91. The Morgan fingerprint density at radius 1 is 1.53 bits per heavy atom. The first-order valence-corrected chi connectivity index (χ1v) is 6.04. The first-order valence-electron chi connectivity index (χ1n) is 6.04. The van der Waals surface area contributed by atoms with Gasteiger partial charge in [0.25, 0.3) is 0 Å². The van der Waals surface area contributed by atoms with Crippen molar-refractivity contribution < 1.29 is 9.90 Å². The average molecular weight is 234 g/mol. The predicted molar refractivity (Wildman–Crippen MR) is 64.6 cm³/mol. The number of hydrogen-bond donors (Lipinski definition) is 2. The Bertz CT molecular complexity index is 388. The number of pyridine rings is 1. The van der Waals surface area contributed by atoms with Crippen LogP contribution in [0.4, 0.5) is 0 Å². The molecule has 1 heterocycles. The van der Waals surface area contributed by atoms with Crippen LogP contribution in [0.25, 0.3) is 0 Å². The number of nitrogens with zero attached hydrogens (tertiary/aromatic N) is 1. The van der Waals surface area contributed by atoms with E-state index in [1.54, 1.807) is 25.4 Å². The molecule has 92 valence electrons. The summed E-state index contributed by atoms with van der Waals surface area (Å²) in [5, 5.41) is 12.7. The maximum atomic E-state index is 11.5. The lowest BCUT2D eigenvalue weighted by Crippen LogP contribution is -2.50. The molecule has 1 aromatic heterocycles. The van der Waals surface area contributed by atoms with Gasteiger partial charge in [0.15, 0.2) is 0 Å². The summed E-state index contributed by atoms with van der Waals surface area (Å²) in [6.07, 6.45) is 7.75. The summed E-state index contributed by atoms with van der Waals surface area (Å²) in [6, 6.07) is 3.88. The van der Waals surface area contributed by atoms with Gasteiger partial charge in [0.05, 0.1) is 0 Å². The number of carboxylic acid groups (broad SMARTS) is 1. The molecule has 0 saturated heterocycles. The average Bonchev–Trinajstić information content (AvgIpc) is 2.82. The Hall–Kier alpha value is -1.42. The van der Waals surface area contributed by atoms with Gasteiger partial charge in [-0.2, -0.15) is 0 Å². The van der Waals surface area contributed by atoms with Gasteiger partial charge in [0, 0.05) is 24.0 Å². The van der Waals surface area contributed by atoms with Crippen LogP contribution in [-0.2, 0) is 10.3 Å². The largest absolute Gasteiger partial charge is 0.480 e. The molecule has 0 aliphatic heterocycles. The first kappa shape index (κ1) is 12.0. The summed E-state index contributed by atoms with van der Waals surface area (Å²) in [6.45, 7) is 1.71. The van der Waals surface area contributed by atoms with Gasteiger partial charge in [0.1, 0.15) is 5.54 Å². The highest BCUT2D eigenvalue weighted by atomic mass is 16.4. The maximum Gasteiger partial charge on any atom is 0.328 e. The van der Waals surface area contributed by atoms with Crippen molar-refractivity contribution >= 4 is 5.97 Å². The van der Waals surface area contributed by atoms with Crippen molar-refractivity contribution in [3.63, 3.8) is 0 Å². The molecule has 1 atom stereocenters. The maximum absolute atomic E-state index is 11.5. The zero-order valence-electron chi connectivity index (χ0n) is 10.0. The molecule has 1 saturated carbocycles. The number of aliphatic carboxylic acids is 1. The van der Waals surface area contributed by atoms with Crippen LogP contribution in [0.2, 0.25) is 0 Å². The van der Waals surface area contributed by atoms with Crippen LogP contribution >= 0.6 is 0 Å². The summed E-state index contributed by atoms with van der Waals surface area (Å²) in [5.41, 5.74) is -0.331. The van der Waals surface area contributed by atoms with E-state index in [1.165, 1.54) is 12.8 Å². The highest BCUT2D eigenvalue weighted by Crippen LogP contribution is 2.26. The Morgan fingerprint density at radius 2 is 2.24 bits per heavy atom. The smallest absolute Gasteiger partial charge is 0.328 e. The third kappa shape index (κ3) is 2.47. The van der Waals surface area contributed by atoms with E-state index in [-0.39, 0.29) is 0 Å². The minimum atomic E-state index is -1.04. The Labute approximate surface area is 101 Å². The summed E-state index contributed by atoms with van der Waals surface area (Å²) in [4.78, 5) is 15.5. The number of hydrogen-bond acceptors (Lipinski definition) is 3. The zero-order valence-corrected chi connectivity index (χ0v) is 10.0. The van der Waals surface area contributed by atoms with Crippen LogP contribution in [0.15, 0.2) is 24.5 Å². The van der Waals surface area contributed by atoms with Gasteiger partial charge >= 0.3 is 5.97 Å². The second-order valence-corrected chi connectivity index (χ2v) is 4.80. The molecule has 1 unspecified atom stereocenters. The highest BCUT2D eigenvalue weighted by Gasteiger charge is 2.37.